The lowest BCUT2D eigenvalue weighted by Gasteiger charge is -2.00. The molecule has 0 heterocycles. The number of hydrogen-bond acceptors (Lipinski definition) is 3. The minimum absolute atomic E-state index is 0.0461. The first-order valence-corrected chi connectivity index (χ1v) is 4.49. The van der Waals surface area contributed by atoms with E-state index in [4.69, 9.17) is 10.2 Å². The van der Waals surface area contributed by atoms with Gasteiger partial charge in [0.15, 0.2) is 0 Å². The van der Waals surface area contributed by atoms with E-state index >= 15 is 0 Å². The molecular formula is C11H12O4. The van der Waals surface area contributed by atoms with Gasteiger partial charge in [-0.3, -0.25) is 0 Å². The molecule has 4 nitrogen and oxygen atoms in total. The fourth-order valence-electron chi connectivity index (χ4n) is 1.10. The number of carboxylic acids is 1. The minimum atomic E-state index is -1.07. The number of phenolic OH excluding ortho intramolecular Hbond substituents is 1. The second kappa shape index (κ2) is 5.17. The van der Waals surface area contributed by atoms with Crippen LogP contribution >= 0.6 is 0 Å². The van der Waals surface area contributed by atoms with Crippen molar-refractivity contribution in [2.75, 3.05) is 6.61 Å². The summed E-state index contributed by atoms with van der Waals surface area (Å²) in [7, 11) is 0. The highest BCUT2D eigenvalue weighted by molar-refractivity contribution is 5.88. The fourth-order valence-corrected chi connectivity index (χ4v) is 1.10. The van der Waals surface area contributed by atoms with Gasteiger partial charge in [0.25, 0.3) is 0 Å². The molecule has 0 spiro atoms. The van der Waals surface area contributed by atoms with E-state index in [1.165, 1.54) is 18.2 Å². The predicted molar refractivity (Wildman–Crippen MR) is 55.8 cm³/mol. The molecule has 0 fully saturated rings. The zero-order valence-electron chi connectivity index (χ0n) is 8.05. The molecule has 0 aliphatic carbocycles. The van der Waals surface area contributed by atoms with Gasteiger partial charge in [0.2, 0.25) is 0 Å². The molecular weight excluding hydrogens is 196 g/mol. The van der Waals surface area contributed by atoms with Gasteiger partial charge in [-0.15, -0.1) is 0 Å². The lowest BCUT2D eigenvalue weighted by molar-refractivity contribution is 0.0696. The number of benzene rings is 1. The number of aliphatic hydroxyl groups is 1. The zero-order valence-corrected chi connectivity index (χ0v) is 8.05. The molecule has 0 amide bonds. The van der Waals surface area contributed by atoms with E-state index in [1.807, 2.05) is 0 Å². The van der Waals surface area contributed by atoms with E-state index in [-0.39, 0.29) is 17.9 Å². The molecule has 0 unspecified atom stereocenters. The minimum Gasteiger partial charge on any atom is -0.507 e. The molecule has 0 saturated heterocycles. The van der Waals surface area contributed by atoms with Gasteiger partial charge in [-0.05, 0) is 18.6 Å². The number of carbonyl (C=O) groups is 1. The quantitative estimate of drug-likeness (QED) is 0.700. The molecule has 0 aromatic heterocycles. The second-order valence-electron chi connectivity index (χ2n) is 2.99. The Hall–Kier alpha value is -1.81. The van der Waals surface area contributed by atoms with Crippen molar-refractivity contribution >= 4 is 12.0 Å². The maximum atomic E-state index is 10.6. The molecule has 0 saturated carbocycles. The maximum Gasteiger partial charge on any atom is 0.335 e. The monoisotopic (exact) mass is 208 g/mol. The topological polar surface area (TPSA) is 77.8 Å². The van der Waals surface area contributed by atoms with Crippen LogP contribution in [0.4, 0.5) is 0 Å². The summed E-state index contributed by atoms with van der Waals surface area (Å²) >= 11 is 0. The highest BCUT2D eigenvalue weighted by atomic mass is 16.4. The number of aromatic carboxylic acids is 1. The van der Waals surface area contributed by atoms with Crippen molar-refractivity contribution in [1.29, 1.82) is 0 Å². The third-order valence-corrected chi connectivity index (χ3v) is 1.87. The van der Waals surface area contributed by atoms with E-state index in [9.17, 15) is 9.90 Å². The van der Waals surface area contributed by atoms with Crippen LogP contribution in [0.25, 0.3) is 6.08 Å². The fraction of sp³-hybridized carbons (Fsp3) is 0.182. The Morgan fingerprint density at radius 3 is 2.67 bits per heavy atom. The van der Waals surface area contributed by atoms with Gasteiger partial charge in [0, 0.05) is 12.2 Å². The van der Waals surface area contributed by atoms with Crippen LogP contribution in [0.15, 0.2) is 24.3 Å². The van der Waals surface area contributed by atoms with Crippen LogP contribution in [0, 0.1) is 0 Å². The first-order chi connectivity index (χ1) is 7.15. The molecule has 1 aromatic rings. The Labute approximate surface area is 87.1 Å². The van der Waals surface area contributed by atoms with Gasteiger partial charge in [0.1, 0.15) is 5.75 Å². The lowest BCUT2D eigenvalue weighted by atomic mass is 10.1. The number of aliphatic hydroxyl groups excluding tert-OH is 1. The molecule has 1 rings (SSSR count). The van der Waals surface area contributed by atoms with Crippen molar-refractivity contribution in [1.82, 2.24) is 0 Å². The first-order valence-electron chi connectivity index (χ1n) is 4.49. The molecule has 0 aliphatic heterocycles. The summed E-state index contributed by atoms with van der Waals surface area (Å²) in [5.74, 6) is -1.15. The van der Waals surface area contributed by atoms with Crippen molar-refractivity contribution in [2.45, 2.75) is 6.42 Å². The number of aromatic hydroxyl groups is 1. The predicted octanol–water partition coefficient (Wildman–Crippen LogP) is 1.49. The van der Waals surface area contributed by atoms with Crippen LogP contribution in [0.5, 0.6) is 5.75 Å². The van der Waals surface area contributed by atoms with Crippen molar-refractivity contribution < 1.29 is 20.1 Å². The van der Waals surface area contributed by atoms with Gasteiger partial charge in [-0.2, -0.15) is 0 Å². The number of rotatable bonds is 4. The summed E-state index contributed by atoms with van der Waals surface area (Å²) in [4.78, 5) is 10.6. The normalized spacial score (nSPS) is 10.7. The molecule has 4 heteroatoms. The highest BCUT2D eigenvalue weighted by Gasteiger charge is 2.05. The Balaban J connectivity index is 2.88. The summed E-state index contributed by atoms with van der Waals surface area (Å²) in [5.41, 5.74) is 0.584. The third-order valence-electron chi connectivity index (χ3n) is 1.87. The zero-order chi connectivity index (χ0) is 11.3. The van der Waals surface area contributed by atoms with E-state index in [0.29, 0.717) is 12.0 Å². The summed E-state index contributed by atoms with van der Waals surface area (Å²) in [6.07, 6.45) is 3.84. The lowest BCUT2D eigenvalue weighted by Crippen LogP contribution is -1.95. The van der Waals surface area contributed by atoms with Crippen molar-refractivity contribution in [2.24, 2.45) is 0 Å². The summed E-state index contributed by atoms with van der Waals surface area (Å²) in [6, 6.07) is 4.13. The number of hydrogen-bond donors (Lipinski definition) is 3. The molecule has 0 aliphatic rings. The van der Waals surface area contributed by atoms with Gasteiger partial charge < -0.3 is 15.3 Å². The number of phenols is 1. The van der Waals surface area contributed by atoms with Crippen LogP contribution < -0.4 is 0 Å². The van der Waals surface area contributed by atoms with E-state index in [1.54, 1.807) is 12.2 Å². The van der Waals surface area contributed by atoms with E-state index < -0.39 is 5.97 Å². The average Bonchev–Trinajstić information content (AvgIpc) is 2.20. The van der Waals surface area contributed by atoms with Crippen molar-refractivity contribution in [3.05, 3.63) is 35.4 Å². The second-order valence-corrected chi connectivity index (χ2v) is 2.99. The molecule has 0 atom stereocenters. The molecule has 80 valence electrons. The van der Waals surface area contributed by atoms with Gasteiger partial charge in [-0.25, -0.2) is 4.79 Å². The van der Waals surface area contributed by atoms with Crippen LogP contribution in [-0.2, 0) is 0 Å². The van der Waals surface area contributed by atoms with Gasteiger partial charge >= 0.3 is 5.97 Å². The average molecular weight is 208 g/mol. The third kappa shape index (κ3) is 3.11. The molecule has 3 N–H and O–H groups in total. The highest BCUT2D eigenvalue weighted by Crippen LogP contribution is 2.20. The molecule has 15 heavy (non-hydrogen) atoms. The largest absolute Gasteiger partial charge is 0.507 e. The summed E-state index contributed by atoms with van der Waals surface area (Å²) in [6.45, 7) is 0.0461. The van der Waals surface area contributed by atoms with Gasteiger partial charge in [-0.1, -0.05) is 18.2 Å². The van der Waals surface area contributed by atoms with E-state index in [2.05, 4.69) is 0 Å². The Kier molecular flexibility index (Phi) is 3.88. The summed E-state index contributed by atoms with van der Waals surface area (Å²) < 4.78 is 0. The Bertz CT molecular complexity index is 382. The molecule has 0 radical (unpaired) electrons. The van der Waals surface area contributed by atoms with Crippen LogP contribution in [0.1, 0.15) is 22.3 Å². The summed E-state index contributed by atoms with van der Waals surface area (Å²) in [5, 5.41) is 26.7. The van der Waals surface area contributed by atoms with E-state index in [0.717, 1.165) is 0 Å². The maximum absolute atomic E-state index is 10.6. The standard InChI is InChI=1S/C11H12O4/c12-6-2-1-3-8-4-5-9(11(14)15)7-10(8)13/h1,3-5,7,12-13H,2,6H2,(H,14,15). The van der Waals surface area contributed by atoms with Crippen LogP contribution in [0.3, 0.4) is 0 Å². The van der Waals surface area contributed by atoms with Crippen LogP contribution in [0.2, 0.25) is 0 Å². The first kappa shape index (κ1) is 11.3. The SMILES string of the molecule is O=C(O)c1ccc(C=CCCO)c(O)c1. The van der Waals surface area contributed by atoms with Crippen LogP contribution in [-0.4, -0.2) is 27.9 Å². The molecule has 1 aromatic carbocycles. The number of carboxylic acid groups (broad SMARTS) is 1. The Morgan fingerprint density at radius 2 is 2.13 bits per heavy atom. The molecule has 0 bridgehead atoms. The van der Waals surface area contributed by atoms with Crippen molar-refractivity contribution in [3.8, 4) is 5.75 Å². The Morgan fingerprint density at radius 1 is 1.40 bits per heavy atom. The van der Waals surface area contributed by atoms with Crippen molar-refractivity contribution in [3.63, 3.8) is 0 Å². The smallest absolute Gasteiger partial charge is 0.335 e. The van der Waals surface area contributed by atoms with Gasteiger partial charge in [0.05, 0.1) is 5.56 Å².